The normalized spacial score (nSPS) is 17.1. The Balaban J connectivity index is 1.78. The summed E-state index contributed by atoms with van der Waals surface area (Å²) < 4.78 is 20.2. The zero-order chi connectivity index (χ0) is 13.4. The van der Waals surface area contributed by atoms with Crippen LogP contribution in [-0.2, 0) is 13.0 Å². The van der Waals surface area contributed by atoms with E-state index in [9.17, 15) is 9.18 Å². The maximum atomic E-state index is 13.1. The summed E-state index contributed by atoms with van der Waals surface area (Å²) >= 11 is 5.63. The van der Waals surface area contributed by atoms with E-state index < -0.39 is 0 Å². The van der Waals surface area contributed by atoms with E-state index in [0.29, 0.717) is 18.7 Å². The Labute approximate surface area is 113 Å². The zero-order valence-electron chi connectivity index (χ0n) is 9.85. The van der Waals surface area contributed by atoms with Gasteiger partial charge in [-0.25, -0.2) is 9.37 Å². The summed E-state index contributed by atoms with van der Waals surface area (Å²) in [6.45, 7) is 0.360. The smallest absolute Gasteiger partial charge is 0.254 e. The van der Waals surface area contributed by atoms with Gasteiger partial charge in [0.05, 0.1) is 12.9 Å². The van der Waals surface area contributed by atoms with Crippen LogP contribution in [0.5, 0.6) is 5.75 Å². The molecule has 3 rings (SSSR count). The second kappa shape index (κ2) is 4.66. The minimum atomic E-state index is -0.284. The van der Waals surface area contributed by atoms with E-state index in [4.69, 9.17) is 16.3 Å². The molecule has 1 aliphatic rings. The van der Waals surface area contributed by atoms with Crippen molar-refractivity contribution >= 4 is 11.6 Å². The van der Waals surface area contributed by atoms with Gasteiger partial charge >= 0.3 is 0 Å². The Hall–Kier alpha value is -1.88. The number of benzene rings is 1. The third-order valence-corrected chi connectivity index (χ3v) is 3.22. The van der Waals surface area contributed by atoms with E-state index >= 15 is 0 Å². The van der Waals surface area contributed by atoms with Crippen LogP contribution in [0.1, 0.15) is 5.56 Å². The van der Waals surface area contributed by atoms with Crippen molar-refractivity contribution in [1.29, 1.82) is 0 Å². The van der Waals surface area contributed by atoms with Gasteiger partial charge in [-0.1, -0.05) is 11.6 Å². The minimum absolute atomic E-state index is 0.166. The molecule has 0 amide bonds. The lowest BCUT2D eigenvalue weighted by Gasteiger charge is -2.12. The topological polar surface area (TPSA) is 44.1 Å². The van der Waals surface area contributed by atoms with E-state index in [1.54, 1.807) is 6.07 Å². The molecule has 2 heterocycles. The molecule has 1 aromatic carbocycles. The van der Waals surface area contributed by atoms with Crippen LogP contribution in [0.25, 0.3) is 0 Å². The van der Waals surface area contributed by atoms with Crippen LogP contribution in [0.4, 0.5) is 4.39 Å². The average molecular weight is 281 g/mol. The number of ether oxygens (including phenoxy) is 1. The number of nitrogens with zero attached hydrogens (tertiary/aromatic N) is 2. The van der Waals surface area contributed by atoms with Gasteiger partial charge in [0.25, 0.3) is 5.56 Å². The standard InChI is InChI=1S/C13H10ClFN2O2/c14-12-5-13(18)17(7-16-12)6-10-4-8-3-9(15)1-2-11(8)19-10/h1-3,5,7,10H,4,6H2. The van der Waals surface area contributed by atoms with Crippen LogP contribution >= 0.6 is 11.6 Å². The molecule has 0 spiro atoms. The summed E-state index contributed by atoms with van der Waals surface area (Å²) in [4.78, 5) is 15.5. The average Bonchev–Trinajstić information content (AvgIpc) is 2.74. The highest BCUT2D eigenvalue weighted by Gasteiger charge is 2.23. The van der Waals surface area contributed by atoms with Crippen LogP contribution in [-0.4, -0.2) is 15.7 Å². The first kappa shape index (κ1) is 12.2. The molecule has 2 aromatic rings. The van der Waals surface area contributed by atoms with E-state index in [1.807, 2.05) is 0 Å². The number of fused-ring (bicyclic) bond motifs is 1. The quantitative estimate of drug-likeness (QED) is 0.791. The van der Waals surface area contributed by atoms with Gasteiger partial charge in [0.15, 0.2) is 0 Å². The largest absolute Gasteiger partial charge is 0.488 e. The third kappa shape index (κ3) is 2.46. The van der Waals surface area contributed by atoms with Gasteiger partial charge in [-0.05, 0) is 18.2 Å². The maximum absolute atomic E-state index is 13.1. The predicted octanol–water partition coefficient (Wildman–Crippen LogP) is 2.04. The van der Waals surface area contributed by atoms with Crippen molar-refractivity contribution < 1.29 is 9.13 Å². The van der Waals surface area contributed by atoms with Gasteiger partial charge in [0.2, 0.25) is 0 Å². The first-order chi connectivity index (χ1) is 9.11. The predicted molar refractivity (Wildman–Crippen MR) is 68.0 cm³/mol. The van der Waals surface area contributed by atoms with Crippen molar-refractivity contribution in [2.75, 3.05) is 0 Å². The lowest BCUT2D eigenvalue weighted by Crippen LogP contribution is -2.28. The minimum Gasteiger partial charge on any atom is -0.488 e. The number of halogens is 2. The Morgan fingerprint density at radius 1 is 1.47 bits per heavy atom. The first-order valence-corrected chi connectivity index (χ1v) is 6.17. The van der Waals surface area contributed by atoms with Crippen molar-refractivity contribution in [1.82, 2.24) is 9.55 Å². The fourth-order valence-corrected chi connectivity index (χ4v) is 2.29. The summed E-state index contributed by atoms with van der Waals surface area (Å²) in [5.41, 5.74) is 0.589. The molecule has 1 aromatic heterocycles. The summed E-state index contributed by atoms with van der Waals surface area (Å²) in [5, 5.41) is 0.166. The molecule has 0 N–H and O–H groups in total. The summed E-state index contributed by atoms with van der Waals surface area (Å²) in [7, 11) is 0. The molecule has 4 nitrogen and oxygen atoms in total. The third-order valence-electron chi connectivity index (χ3n) is 3.01. The fourth-order valence-electron chi connectivity index (χ4n) is 2.15. The molecular formula is C13H10ClFN2O2. The lowest BCUT2D eigenvalue weighted by molar-refractivity contribution is 0.207. The van der Waals surface area contributed by atoms with Crippen LogP contribution in [0, 0.1) is 5.82 Å². The van der Waals surface area contributed by atoms with Gasteiger partial charge in [-0.2, -0.15) is 0 Å². The van der Waals surface area contributed by atoms with E-state index in [0.717, 1.165) is 5.56 Å². The zero-order valence-corrected chi connectivity index (χ0v) is 10.6. The van der Waals surface area contributed by atoms with E-state index in [-0.39, 0.29) is 22.6 Å². The Kier molecular flexibility index (Phi) is 2.98. The fraction of sp³-hybridized carbons (Fsp3) is 0.231. The van der Waals surface area contributed by atoms with Crippen molar-refractivity contribution in [3.63, 3.8) is 0 Å². The van der Waals surface area contributed by atoms with Crippen LogP contribution < -0.4 is 10.3 Å². The number of hydrogen-bond acceptors (Lipinski definition) is 3. The number of rotatable bonds is 2. The monoisotopic (exact) mass is 280 g/mol. The number of aromatic nitrogens is 2. The maximum Gasteiger partial charge on any atom is 0.254 e. The molecule has 98 valence electrons. The van der Waals surface area contributed by atoms with Crippen LogP contribution in [0.2, 0.25) is 5.15 Å². The molecule has 0 fully saturated rings. The molecule has 1 aliphatic heterocycles. The SMILES string of the molecule is O=c1cc(Cl)ncn1CC1Cc2cc(F)ccc2O1. The highest BCUT2D eigenvalue weighted by Crippen LogP contribution is 2.29. The summed E-state index contributed by atoms with van der Waals surface area (Å²) in [6, 6.07) is 5.67. The highest BCUT2D eigenvalue weighted by molar-refractivity contribution is 6.29. The Morgan fingerprint density at radius 2 is 2.32 bits per heavy atom. The van der Waals surface area contributed by atoms with Gasteiger partial charge in [0, 0.05) is 18.1 Å². The summed E-state index contributed by atoms with van der Waals surface area (Å²) in [5.74, 6) is 0.384. The van der Waals surface area contributed by atoms with Crippen molar-refractivity contribution in [3.8, 4) is 5.75 Å². The molecule has 0 saturated carbocycles. The molecule has 0 radical (unpaired) electrons. The number of hydrogen-bond donors (Lipinski definition) is 0. The van der Waals surface area contributed by atoms with E-state index in [2.05, 4.69) is 4.98 Å². The molecule has 1 unspecified atom stereocenters. The Bertz CT molecular complexity index is 687. The molecule has 0 aliphatic carbocycles. The molecule has 1 atom stereocenters. The van der Waals surface area contributed by atoms with Gasteiger partial charge < -0.3 is 4.74 Å². The van der Waals surface area contributed by atoms with Crippen molar-refractivity contribution in [3.05, 3.63) is 57.5 Å². The molecular weight excluding hydrogens is 271 g/mol. The highest BCUT2D eigenvalue weighted by atomic mass is 35.5. The van der Waals surface area contributed by atoms with Crippen LogP contribution in [0.15, 0.2) is 35.4 Å². The van der Waals surface area contributed by atoms with E-state index in [1.165, 1.54) is 29.1 Å². The second-order valence-electron chi connectivity index (χ2n) is 4.40. The lowest BCUT2D eigenvalue weighted by atomic mass is 10.1. The molecule has 0 bridgehead atoms. The Morgan fingerprint density at radius 3 is 3.11 bits per heavy atom. The first-order valence-electron chi connectivity index (χ1n) is 5.79. The molecule has 0 saturated heterocycles. The van der Waals surface area contributed by atoms with Crippen molar-refractivity contribution in [2.24, 2.45) is 0 Å². The summed E-state index contributed by atoms with van der Waals surface area (Å²) in [6.07, 6.45) is 1.76. The van der Waals surface area contributed by atoms with Gasteiger partial charge in [-0.15, -0.1) is 0 Å². The molecule has 19 heavy (non-hydrogen) atoms. The van der Waals surface area contributed by atoms with Crippen molar-refractivity contribution in [2.45, 2.75) is 19.1 Å². The molecule has 6 heteroatoms. The van der Waals surface area contributed by atoms with Gasteiger partial charge in [0.1, 0.15) is 22.8 Å². The van der Waals surface area contributed by atoms with Crippen LogP contribution in [0.3, 0.4) is 0 Å². The van der Waals surface area contributed by atoms with Gasteiger partial charge in [-0.3, -0.25) is 9.36 Å². The second-order valence-corrected chi connectivity index (χ2v) is 4.79.